The van der Waals surface area contributed by atoms with E-state index in [2.05, 4.69) is 20.6 Å². The molecule has 1 heterocycles. The highest BCUT2D eigenvalue weighted by Crippen LogP contribution is 2.31. The van der Waals surface area contributed by atoms with Crippen molar-refractivity contribution in [3.63, 3.8) is 0 Å². The van der Waals surface area contributed by atoms with Gasteiger partial charge in [0.05, 0.1) is 15.7 Å². The zero-order valence-corrected chi connectivity index (χ0v) is 12.4. The Kier molecular flexibility index (Phi) is 3.94. The average Bonchev–Trinajstić information content (AvgIpc) is 3.28. The lowest BCUT2D eigenvalue weighted by molar-refractivity contribution is 0.0946. The normalized spacial score (nSPS) is 13.8. The van der Waals surface area contributed by atoms with Gasteiger partial charge in [0, 0.05) is 12.1 Å². The van der Waals surface area contributed by atoms with Gasteiger partial charge in [-0.3, -0.25) is 4.79 Å². The highest BCUT2D eigenvalue weighted by Gasteiger charge is 2.24. The molecule has 7 heteroatoms. The van der Waals surface area contributed by atoms with E-state index in [1.54, 1.807) is 24.3 Å². The molecule has 0 saturated heterocycles. The van der Waals surface area contributed by atoms with Crippen LogP contribution >= 0.6 is 23.2 Å². The van der Waals surface area contributed by atoms with Crippen LogP contribution in [0.2, 0.25) is 10.0 Å². The van der Waals surface area contributed by atoms with Gasteiger partial charge in [-0.2, -0.15) is 0 Å². The standard InChI is InChI=1S/C14H12Cl2N4O/c15-9-2-1-3-10(13(9)16)20-12-6-11(17-7-18-12)14(21)19-8-4-5-8/h1-3,6-8H,4-5H2,(H,19,21)(H,17,18,20). The molecule has 1 aliphatic rings. The van der Waals surface area contributed by atoms with Crippen molar-refractivity contribution in [2.75, 3.05) is 5.32 Å². The van der Waals surface area contributed by atoms with E-state index in [1.165, 1.54) is 6.33 Å². The van der Waals surface area contributed by atoms with Crippen molar-refractivity contribution in [3.8, 4) is 0 Å². The van der Waals surface area contributed by atoms with Crippen LogP contribution in [-0.2, 0) is 0 Å². The molecule has 1 aliphatic carbocycles. The van der Waals surface area contributed by atoms with E-state index < -0.39 is 0 Å². The molecule has 3 rings (SSSR count). The molecule has 108 valence electrons. The molecule has 0 unspecified atom stereocenters. The van der Waals surface area contributed by atoms with E-state index in [0.29, 0.717) is 27.2 Å². The molecule has 0 aliphatic heterocycles. The molecule has 0 atom stereocenters. The van der Waals surface area contributed by atoms with Crippen molar-refractivity contribution in [2.45, 2.75) is 18.9 Å². The first-order valence-electron chi connectivity index (χ1n) is 6.47. The summed E-state index contributed by atoms with van der Waals surface area (Å²) in [6, 6.07) is 7.11. The van der Waals surface area contributed by atoms with Gasteiger partial charge >= 0.3 is 0 Å². The molecule has 0 radical (unpaired) electrons. The number of nitrogens with one attached hydrogen (secondary N) is 2. The number of nitrogens with zero attached hydrogens (tertiary/aromatic N) is 2. The molecule has 2 aromatic rings. The van der Waals surface area contributed by atoms with Gasteiger partial charge in [-0.25, -0.2) is 9.97 Å². The third-order valence-corrected chi connectivity index (χ3v) is 3.85. The van der Waals surface area contributed by atoms with E-state index in [0.717, 1.165) is 12.8 Å². The summed E-state index contributed by atoms with van der Waals surface area (Å²) < 4.78 is 0. The van der Waals surface area contributed by atoms with E-state index >= 15 is 0 Å². The number of carbonyl (C=O) groups excluding carboxylic acids is 1. The van der Waals surface area contributed by atoms with Crippen molar-refractivity contribution in [1.29, 1.82) is 0 Å². The number of halogens is 2. The minimum absolute atomic E-state index is 0.194. The van der Waals surface area contributed by atoms with Gasteiger partial charge in [0.25, 0.3) is 5.91 Å². The number of carbonyl (C=O) groups is 1. The summed E-state index contributed by atoms with van der Waals surface area (Å²) in [6.45, 7) is 0. The molecule has 0 spiro atoms. The number of aromatic nitrogens is 2. The zero-order valence-electron chi connectivity index (χ0n) is 10.9. The minimum Gasteiger partial charge on any atom is -0.348 e. The molecule has 1 aromatic heterocycles. The van der Waals surface area contributed by atoms with E-state index in [9.17, 15) is 4.79 Å². The first kappa shape index (κ1) is 14.1. The first-order valence-corrected chi connectivity index (χ1v) is 7.23. The van der Waals surface area contributed by atoms with Crippen LogP contribution in [0, 0.1) is 0 Å². The van der Waals surface area contributed by atoms with Crippen LogP contribution in [0.3, 0.4) is 0 Å². The maximum absolute atomic E-state index is 11.9. The van der Waals surface area contributed by atoms with E-state index in [1.807, 2.05) is 0 Å². The maximum atomic E-state index is 11.9. The maximum Gasteiger partial charge on any atom is 0.270 e. The molecule has 1 aromatic carbocycles. The lowest BCUT2D eigenvalue weighted by Gasteiger charge is -2.09. The topological polar surface area (TPSA) is 66.9 Å². The van der Waals surface area contributed by atoms with Gasteiger partial charge in [-0.05, 0) is 25.0 Å². The second-order valence-corrected chi connectivity index (χ2v) is 5.55. The Hall–Kier alpha value is -1.85. The molecule has 21 heavy (non-hydrogen) atoms. The highest BCUT2D eigenvalue weighted by atomic mass is 35.5. The van der Waals surface area contributed by atoms with Gasteiger partial charge in [0.1, 0.15) is 17.8 Å². The van der Waals surface area contributed by atoms with Gasteiger partial charge in [0.2, 0.25) is 0 Å². The van der Waals surface area contributed by atoms with Crippen LogP contribution in [0.4, 0.5) is 11.5 Å². The van der Waals surface area contributed by atoms with Crippen LogP contribution in [0.25, 0.3) is 0 Å². The van der Waals surface area contributed by atoms with Crippen molar-refractivity contribution in [1.82, 2.24) is 15.3 Å². The molecule has 1 fully saturated rings. The number of anilines is 2. The average molecular weight is 323 g/mol. The molecule has 1 saturated carbocycles. The fourth-order valence-corrected chi connectivity index (χ4v) is 2.12. The molecule has 5 nitrogen and oxygen atoms in total. The van der Waals surface area contributed by atoms with Crippen molar-refractivity contribution >= 4 is 40.6 Å². The lowest BCUT2D eigenvalue weighted by Crippen LogP contribution is -2.26. The Morgan fingerprint density at radius 3 is 2.81 bits per heavy atom. The predicted octanol–water partition coefficient (Wildman–Crippen LogP) is 3.42. The Bertz CT molecular complexity index is 688. The third-order valence-electron chi connectivity index (χ3n) is 3.03. The fourth-order valence-electron chi connectivity index (χ4n) is 1.78. The van der Waals surface area contributed by atoms with Crippen molar-refractivity contribution < 1.29 is 4.79 Å². The second kappa shape index (κ2) is 5.87. The Balaban J connectivity index is 1.79. The minimum atomic E-state index is -0.194. The zero-order chi connectivity index (χ0) is 14.8. The van der Waals surface area contributed by atoms with Crippen molar-refractivity contribution in [2.24, 2.45) is 0 Å². The smallest absolute Gasteiger partial charge is 0.270 e. The predicted molar refractivity (Wildman–Crippen MR) is 82.3 cm³/mol. The van der Waals surface area contributed by atoms with Gasteiger partial charge < -0.3 is 10.6 Å². The number of amides is 1. The Labute approximate surface area is 131 Å². The quantitative estimate of drug-likeness (QED) is 0.905. The summed E-state index contributed by atoms with van der Waals surface area (Å²) in [5.41, 5.74) is 0.939. The molecular formula is C14H12Cl2N4O. The highest BCUT2D eigenvalue weighted by molar-refractivity contribution is 6.43. The molecular weight excluding hydrogens is 311 g/mol. The van der Waals surface area contributed by atoms with E-state index in [4.69, 9.17) is 23.2 Å². The van der Waals surface area contributed by atoms with Gasteiger partial charge in [-0.15, -0.1) is 0 Å². The number of hydrogen-bond donors (Lipinski definition) is 2. The summed E-state index contributed by atoms with van der Waals surface area (Å²) in [6.07, 6.45) is 3.39. The Morgan fingerprint density at radius 1 is 1.24 bits per heavy atom. The van der Waals surface area contributed by atoms with Crippen molar-refractivity contribution in [3.05, 3.63) is 46.3 Å². The second-order valence-electron chi connectivity index (χ2n) is 4.76. The summed E-state index contributed by atoms with van der Waals surface area (Å²) in [5.74, 6) is 0.287. The fraction of sp³-hybridized carbons (Fsp3) is 0.214. The largest absolute Gasteiger partial charge is 0.348 e. The van der Waals surface area contributed by atoms with Crippen LogP contribution in [0.15, 0.2) is 30.6 Å². The number of rotatable bonds is 4. The lowest BCUT2D eigenvalue weighted by atomic mass is 10.3. The third kappa shape index (κ3) is 3.43. The first-order chi connectivity index (χ1) is 10.1. The molecule has 2 N–H and O–H groups in total. The number of benzene rings is 1. The van der Waals surface area contributed by atoms with Crippen LogP contribution < -0.4 is 10.6 Å². The van der Waals surface area contributed by atoms with Gasteiger partial charge in [-0.1, -0.05) is 29.3 Å². The SMILES string of the molecule is O=C(NC1CC1)c1cc(Nc2cccc(Cl)c2Cl)ncn1. The summed E-state index contributed by atoms with van der Waals surface area (Å²) in [7, 11) is 0. The van der Waals surface area contributed by atoms with E-state index in [-0.39, 0.29) is 11.9 Å². The van der Waals surface area contributed by atoms with Gasteiger partial charge in [0.15, 0.2) is 0 Å². The summed E-state index contributed by atoms with van der Waals surface area (Å²) in [4.78, 5) is 20.0. The molecule has 1 amide bonds. The summed E-state index contributed by atoms with van der Waals surface area (Å²) >= 11 is 12.1. The number of hydrogen-bond acceptors (Lipinski definition) is 4. The van der Waals surface area contributed by atoms with Crippen LogP contribution in [0.5, 0.6) is 0 Å². The molecule has 0 bridgehead atoms. The monoisotopic (exact) mass is 322 g/mol. The van der Waals surface area contributed by atoms with Crippen LogP contribution in [-0.4, -0.2) is 21.9 Å². The summed E-state index contributed by atoms with van der Waals surface area (Å²) in [5, 5.41) is 6.76. The van der Waals surface area contributed by atoms with Crippen LogP contribution in [0.1, 0.15) is 23.3 Å². The Morgan fingerprint density at radius 2 is 2.05 bits per heavy atom.